The van der Waals surface area contributed by atoms with Crippen molar-refractivity contribution in [3.63, 3.8) is 0 Å². The molecule has 0 radical (unpaired) electrons. The van der Waals surface area contributed by atoms with Gasteiger partial charge >= 0.3 is 0 Å². The number of morpholine rings is 1. The summed E-state index contributed by atoms with van der Waals surface area (Å²) < 4.78 is 21.2. The summed E-state index contributed by atoms with van der Waals surface area (Å²) in [5.74, 6) is -0.217. The summed E-state index contributed by atoms with van der Waals surface area (Å²) in [4.78, 5) is 14.8. The van der Waals surface area contributed by atoms with Crippen LogP contribution in [0, 0.1) is 31.0 Å². The molecule has 0 aliphatic carbocycles. The Bertz CT molecular complexity index is 921. The number of benzene rings is 1. The fourth-order valence-corrected chi connectivity index (χ4v) is 3.79. The lowest BCUT2D eigenvalue weighted by molar-refractivity contribution is -0.121. The number of nitrogens with one attached hydrogen (secondary N) is 1. The van der Waals surface area contributed by atoms with E-state index in [9.17, 15) is 14.4 Å². The van der Waals surface area contributed by atoms with Crippen molar-refractivity contribution in [3.05, 3.63) is 46.9 Å². The molecule has 2 atom stereocenters. The zero-order chi connectivity index (χ0) is 20.4. The van der Waals surface area contributed by atoms with Gasteiger partial charge in [0.1, 0.15) is 17.7 Å². The van der Waals surface area contributed by atoms with Crippen LogP contribution in [0.5, 0.6) is 0 Å². The number of hydrogen-bond donors (Lipinski definition) is 1. The lowest BCUT2D eigenvalue weighted by Gasteiger charge is -2.34. The molecule has 7 heteroatoms. The number of ether oxygens (including phenoxy) is 1. The average Bonchev–Trinajstić information content (AvgIpc) is 2.83. The molecular formula is C21H25FN4O2. The first-order valence-electron chi connectivity index (χ1n) is 9.35. The van der Waals surface area contributed by atoms with Crippen LogP contribution in [-0.2, 0) is 9.53 Å². The molecule has 2 heterocycles. The number of halogens is 1. The van der Waals surface area contributed by atoms with Gasteiger partial charge in [-0.05, 0) is 51.5 Å². The van der Waals surface area contributed by atoms with Crippen LogP contribution >= 0.6 is 0 Å². The summed E-state index contributed by atoms with van der Waals surface area (Å²) >= 11 is 0. The van der Waals surface area contributed by atoms with Crippen molar-refractivity contribution < 1.29 is 13.9 Å². The van der Waals surface area contributed by atoms with Gasteiger partial charge in [0.15, 0.2) is 0 Å². The first-order valence-corrected chi connectivity index (χ1v) is 9.35. The minimum absolute atomic E-state index is 0.0619. The highest BCUT2D eigenvalue weighted by atomic mass is 19.1. The summed E-state index contributed by atoms with van der Waals surface area (Å²) in [5, 5.41) is 12.5. The molecule has 1 aliphatic rings. The lowest BCUT2D eigenvalue weighted by atomic mass is 10.2. The second kappa shape index (κ2) is 8.13. The van der Waals surface area contributed by atoms with E-state index in [0.717, 1.165) is 11.3 Å². The number of anilines is 1. The Balaban J connectivity index is 1.90. The Hall–Kier alpha value is -2.69. The maximum absolute atomic E-state index is 13.8. The van der Waals surface area contributed by atoms with Crippen molar-refractivity contribution >= 4 is 11.7 Å². The molecule has 148 valence electrons. The van der Waals surface area contributed by atoms with E-state index in [4.69, 9.17) is 4.74 Å². The van der Waals surface area contributed by atoms with Gasteiger partial charge in [-0.15, -0.1) is 0 Å². The number of nitriles is 1. The molecule has 0 spiro atoms. The van der Waals surface area contributed by atoms with Gasteiger partial charge in [0.2, 0.25) is 5.91 Å². The molecule has 1 N–H and O–H groups in total. The normalized spacial score (nSPS) is 20.0. The van der Waals surface area contributed by atoms with E-state index in [0.29, 0.717) is 30.2 Å². The van der Waals surface area contributed by atoms with Crippen molar-refractivity contribution in [2.24, 2.45) is 0 Å². The summed E-state index contributed by atoms with van der Waals surface area (Å²) in [6, 6.07) is 8.27. The minimum atomic E-state index is -0.379. The van der Waals surface area contributed by atoms with Crippen molar-refractivity contribution in [1.82, 2.24) is 9.47 Å². The van der Waals surface area contributed by atoms with Gasteiger partial charge in [0, 0.05) is 18.8 Å². The molecule has 3 rings (SSSR count). The van der Waals surface area contributed by atoms with Crippen molar-refractivity contribution in [2.45, 2.75) is 39.9 Å². The Labute approximate surface area is 164 Å². The monoisotopic (exact) mass is 384 g/mol. The molecule has 0 saturated carbocycles. The third-order valence-electron chi connectivity index (χ3n) is 5.01. The SMILES string of the molecule is Cc1c(C#N)c(NC(=O)CN2C[C@H](C)O[C@@H](C)C2)n(-c2cccc(F)c2)c1C. The van der Waals surface area contributed by atoms with Gasteiger partial charge < -0.3 is 10.1 Å². The molecular weight excluding hydrogens is 359 g/mol. The van der Waals surface area contributed by atoms with E-state index in [2.05, 4.69) is 11.4 Å². The molecule has 2 aromatic rings. The predicted octanol–water partition coefficient (Wildman–Crippen LogP) is 3.15. The van der Waals surface area contributed by atoms with Crippen LogP contribution in [-0.4, -0.2) is 47.2 Å². The molecule has 0 bridgehead atoms. The molecule has 0 unspecified atom stereocenters. The molecule has 1 aromatic heterocycles. The van der Waals surface area contributed by atoms with E-state index in [1.165, 1.54) is 12.1 Å². The minimum Gasteiger partial charge on any atom is -0.373 e. The molecule has 1 aliphatic heterocycles. The Morgan fingerprint density at radius 2 is 2.00 bits per heavy atom. The van der Waals surface area contributed by atoms with E-state index in [-0.39, 0.29) is 30.5 Å². The smallest absolute Gasteiger partial charge is 0.239 e. The topological polar surface area (TPSA) is 70.3 Å². The van der Waals surface area contributed by atoms with Crippen LogP contribution in [0.4, 0.5) is 10.2 Å². The van der Waals surface area contributed by atoms with Crippen LogP contribution in [0.1, 0.15) is 30.7 Å². The molecule has 1 fully saturated rings. The van der Waals surface area contributed by atoms with E-state index < -0.39 is 0 Å². The van der Waals surface area contributed by atoms with Crippen LogP contribution < -0.4 is 5.32 Å². The van der Waals surface area contributed by atoms with Crippen LogP contribution in [0.3, 0.4) is 0 Å². The molecule has 1 aromatic carbocycles. The van der Waals surface area contributed by atoms with E-state index in [1.54, 1.807) is 16.7 Å². The second-order valence-electron chi connectivity index (χ2n) is 7.36. The van der Waals surface area contributed by atoms with Crippen LogP contribution in [0.25, 0.3) is 5.69 Å². The third kappa shape index (κ3) is 4.08. The fourth-order valence-electron chi connectivity index (χ4n) is 3.79. The maximum atomic E-state index is 13.8. The number of nitrogens with zero attached hydrogens (tertiary/aromatic N) is 3. The third-order valence-corrected chi connectivity index (χ3v) is 5.01. The zero-order valence-corrected chi connectivity index (χ0v) is 16.6. The molecule has 1 saturated heterocycles. The molecule has 1 amide bonds. The summed E-state index contributed by atoms with van der Waals surface area (Å²) in [7, 11) is 0. The Morgan fingerprint density at radius 1 is 1.32 bits per heavy atom. The standard InChI is InChI=1S/C21H25FN4O2/c1-13-10-25(11-14(2)28-13)12-20(27)24-21-19(9-23)15(3)16(4)26(21)18-7-5-6-17(22)8-18/h5-8,13-14H,10-12H2,1-4H3,(H,24,27)/t13-,14-/m0/s1. The first-order chi connectivity index (χ1) is 13.3. The van der Waals surface area contributed by atoms with Gasteiger partial charge in [-0.25, -0.2) is 4.39 Å². The fraction of sp³-hybridized carbons (Fsp3) is 0.429. The largest absolute Gasteiger partial charge is 0.373 e. The Morgan fingerprint density at radius 3 is 2.61 bits per heavy atom. The van der Waals surface area contributed by atoms with Crippen molar-refractivity contribution in [3.8, 4) is 11.8 Å². The average molecular weight is 384 g/mol. The lowest BCUT2D eigenvalue weighted by Crippen LogP contribution is -2.48. The highest BCUT2D eigenvalue weighted by Gasteiger charge is 2.25. The number of carbonyl (C=O) groups is 1. The van der Waals surface area contributed by atoms with Gasteiger partial charge in [0.05, 0.1) is 30.0 Å². The second-order valence-corrected chi connectivity index (χ2v) is 7.36. The van der Waals surface area contributed by atoms with Gasteiger partial charge in [-0.3, -0.25) is 14.3 Å². The molecule has 6 nitrogen and oxygen atoms in total. The predicted molar refractivity (Wildman–Crippen MR) is 105 cm³/mol. The highest BCUT2D eigenvalue weighted by Crippen LogP contribution is 2.30. The number of carbonyl (C=O) groups excluding carboxylic acids is 1. The summed E-state index contributed by atoms with van der Waals surface area (Å²) in [6.07, 6.45) is 0.124. The van der Waals surface area contributed by atoms with Crippen molar-refractivity contribution in [2.75, 3.05) is 25.0 Å². The summed E-state index contributed by atoms with van der Waals surface area (Å²) in [6.45, 7) is 9.19. The van der Waals surface area contributed by atoms with Crippen LogP contribution in [0.15, 0.2) is 24.3 Å². The number of amides is 1. The van der Waals surface area contributed by atoms with Gasteiger partial charge in [0.25, 0.3) is 0 Å². The van der Waals surface area contributed by atoms with Crippen molar-refractivity contribution in [1.29, 1.82) is 5.26 Å². The number of rotatable bonds is 4. The zero-order valence-electron chi connectivity index (χ0n) is 16.6. The first kappa shape index (κ1) is 20.1. The van der Waals surface area contributed by atoms with Gasteiger partial charge in [-0.1, -0.05) is 6.07 Å². The quantitative estimate of drug-likeness (QED) is 0.879. The van der Waals surface area contributed by atoms with E-state index >= 15 is 0 Å². The molecule has 28 heavy (non-hydrogen) atoms. The number of hydrogen-bond acceptors (Lipinski definition) is 4. The maximum Gasteiger partial charge on any atom is 0.239 e. The Kier molecular flexibility index (Phi) is 5.82. The van der Waals surface area contributed by atoms with Gasteiger partial charge in [-0.2, -0.15) is 5.26 Å². The summed E-state index contributed by atoms with van der Waals surface area (Å²) in [5.41, 5.74) is 2.49. The number of aromatic nitrogens is 1. The van der Waals surface area contributed by atoms with Crippen LogP contribution in [0.2, 0.25) is 0 Å². The van der Waals surface area contributed by atoms with E-state index in [1.807, 2.05) is 32.6 Å². The highest BCUT2D eigenvalue weighted by molar-refractivity contribution is 5.93.